The van der Waals surface area contributed by atoms with Gasteiger partial charge >= 0.3 is 0 Å². The zero-order chi connectivity index (χ0) is 13.2. The van der Waals surface area contributed by atoms with Crippen molar-refractivity contribution in [2.45, 2.75) is 38.6 Å². The molecule has 3 rings (SSSR count). The van der Waals surface area contributed by atoms with Gasteiger partial charge in [-0.2, -0.15) is 0 Å². The minimum Gasteiger partial charge on any atom is -0.295 e. The van der Waals surface area contributed by atoms with Gasteiger partial charge in [0.1, 0.15) is 5.82 Å². The maximum Gasteiger partial charge on any atom is 0.231 e. The summed E-state index contributed by atoms with van der Waals surface area (Å²) in [6.07, 6.45) is 5.12. The molecule has 0 aliphatic heterocycles. The average molecular weight is 277 g/mol. The summed E-state index contributed by atoms with van der Waals surface area (Å²) in [6.45, 7) is 1.91. The van der Waals surface area contributed by atoms with Gasteiger partial charge in [0.2, 0.25) is 11.9 Å². The van der Waals surface area contributed by atoms with Crippen LogP contribution in [0.4, 0.5) is 5.95 Å². The van der Waals surface area contributed by atoms with Gasteiger partial charge in [0.25, 0.3) is 0 Å². The third kappa shape index (κ3) is 2.81. The number of hydrogen-bond donors (Lipinski definition) is 1. The quantitative estimate of drug-likeness (QED) is 0.906. The van der Waals surface area contributed by atoms with E-state index in [0.717, 1.165) is 23.7 Å². The highest BCUT2D eigenvalue weighted by Gasteiger charge is 2.28. The number of aryl methyl sites for hydroxylation is 2. The van der Waals surface area contributed by atoms with E-state index in [2.05, 4.69) is 20.5 Å². The van der Waals surface area contributed by atoms with Crippen molar-refractivity contribution in [1.29, 1.82) is 0 Å². The third-order valence-electron chi connectivity index (χ3n) is 3.08. The van der Waals surface area contributed by atoms with Crippen molar-refractivity contribution in [2.75, 3.05) is 5.32 Å². The number of hydrogen-bond acceptors (Lipinski definition) is 5. The van der Waals surface area contributed by atoms with Gasteiger partial charge in [-0.3, -0.25) is 14.7 Å². The van der Waals surface area contributed by atoms with Gasteiger partial charge in [-0.05, 0) is 19.8 Å². The molecule has 0 aromatic carbocycles. The number of carbonyl (C=O) groups excluding carboxylic acids is 1. The third-order valence-corrected chi connectivity index (χ3v) is 3.92. The molecule has 1 amide bonds. The molecule has 1 aliphatic rings. The molecule has 1 aliphatic carbocycles. The van der Waals surface area contributed by atoms with E-state index >= 15 is 0 Å². The molecule has 0 saturated heterocycles. The Morgan fingerprint density at radius 3 is 3.05 bits per heavy atom. The van der Waals surface area contributed by atoms with E-state index in [1.807, 2.05) is 16.9 Å². The van der Waals surface area contributed by atoms with Crippen LogP contribution in [0, 0.1) is 6.92 Å². The number of aromatic nitrogens is 4. The number of anilines is 1. The van der Waals surface area contributed by atoms with Crippen LogP contribution in [-0.2, 0) is 11.2 Å². The highest BCUT2D eigenvalue weighted by molar-refractivity contribution is 7.09. The first kappa shape index (κ1) is 12.3. The van der Waals surface area contributed by atoms with Crippen LogP contribution in [0.1, 0.15) is 36.1 Å². The summed E-state index contributed by atoms with van der Waals surface area (Å²) >= 11 is 1.57. The number of amides is 1. The zero-order valence-corrected chi connectivity index (χ0v) is 11.5. The van der Waals surface area contributed by atoms with Crippen LogP contribution in [0.5, 0.6) is 0 Å². The van der Waals surface area contributed by atoms with Gasteiger partial charge in [0, 0.05) is 30.5 Å². The largest absolute Gasteiger partial charge is 0.295 e. The van der Waals surface area contributed by atoms with Gasteiger partial charge in [0.15, 0.2) is 0 Å². The van der Waals surface area contributed by atoms with E-state index in [0.29, 0.717) is 24.8 Å². The molecule has 0 unspecified atom stereocenters. The average Bonchev–Trinajstić information content (AvgIpc) is 2.96. The standard InChI is InChI=1S/C12H15N5OS/c1-8-15-16-12(17(8)9-2-3-9)14-10(18)4-5-11-13-6-7-19-11/h6-7,9H,2-5H2,1H3,(H,14,16,18). The SMILES string of the molecule is Cc1nnc(NC(=O)CCc2nccs2)n1C1CC1. The van der Waals surface area contributed by atoms with Gasteiger partial charge in [-0.25, -0.2) is 4.98 Å². The predicted molar refractivity (Wildman–Crippen MR) is 72.1 cm³/mol. The Balaban J connectivity index is 1.60. The second-order valence-electron chi connectivity index (χ2n) is 4.65. The molecule has 0 atom stereocenters. The lowest BCUT2D eigenvalue weighted by Gasteiger charge is -2.07. The molecule has 100 valence electrons. The lowest BCUT2D eigenvalue weighted by Crippen LogP contribution is -2.16. The fourth-order valence-electron chi connectivity index (χ4n) is 2.01. The Hall–Kier alpha value is -1.76. The van der Waals surface area contributed by atoms with E-state index in [-0.39, 0.29) is 5.91 Å². The van der Waals surface area contributed by atoms with Crippen LogP contribution in [-0.4, -0.2) is 25.7 Å². The van der Waals surface area contributed by atoms with Crippen LogP contribution in [0.15, 0.2) is 11.6 Å². The van der Waals surface area contributed by atoms with E-state index < -0.39 is 0 Å². The molecule has 0 bridgehead atoms. The van der Waals surface area contributed by atoms with Crippen molar-refractivity contribution in [3.63, 3.8) is 0 Å². The van der Waals surface area contributed by atoms with Crippen LogP contribution < -0.4 is 5.32 Å². The molecule has 1 fully saturated rings. The van der Waals surface area contributed by atoms with Crippen molar-refractivity contribution in [3.8, 4) is 0 Å². The van der Waals surface area contributed by atoms with Gasteiger partial charge in [-0.15, -0.1) is 21.5 Å². The van der Waals surface area contributed by atoms with Crippen molar-refractivity contribution in [3.05, 3.63) is 22.4 Å². The second-order valence-corrected chi connectivity index (χ2v) is 5.63. The maximum atomic E-state index is 11.9. The Morgan fingerprint density at radius 1 is 1.53 bits per heavy atom. The van der Waals surface area contributed by atoms with Gasteiger partial charge < -0.3 is 0 Å². The minimum atomic E-state index is -0.0375. The molecule has 2 aromatic rings. The number of carbonyl (C=O) groups is 1. The van der Waals surface area contributed by atoms with Crippen molar-refractivity contribution >= 4 is 23.2 Å². The monoisotopic (exact) mass is 277 g/mol. The summed E-state index contributed by atoms with van der Waals surface area (Å²) in [7, 11) is 0. The summed E-state index contributed by atoms with van der Waals surface area (Å²) < 4.78 is 2.02. The summed E-state index contributed by atoms with van der Waals surface area (Å²) in [5.41, 5.74) is 0. The number of thiazole rings is 1. The van der Waals surface area contributed by atoms with Gasteiger partial charge in [-0.1, -0.05) is 0 Å². The number of rotatable bonds is 5. The van der Waals surface area contributed by atoms with Crippen LogP contribution in [0.25, 0.3) is 0 Å². The van der Waals surface area contributed by atoms with Crippen LogP contribution in [0.2, 0.25) is 0 Å². The fraction of sp³-hybridized carbons (Fsp3) is 0.500. The topological polar surface area (TPSA) is 72.7 Å². The van der Waals surface area contributed by atoms with Gasteiger partial charge in [0.05, 0.1) is 5.01 Å². The lowest BCUT2D eigenvalue weighted by atomic mass is 10.3. The molecule has 1 N–H and O–H groups in total. The first-order valence-corrected chi connectivity index (χ1v) is 7.21. The first-order chi connectivity index (χ1) is 9.24. The summed E-state index contributed by atoms with van der Waals surface area (Å²) in [6, 6.07) is 0.462. The smallest absolute Gasteiger partial charge is 0.231 e. The van der Waals surface area contributed by atoms with Crippen LogP contribution in [0.3, 0.4) is 0 Å². The molecule has 19 heavy (non-hydrogen) atoms. The fourth-order valence-corrected chi connectivity index (χ4v) is 2.63. The molecule has 0 spiro atoms. The highest BCUT2D eigenvalue weighted by Crippen LogP contribution is 2.37. The molecular weight excluding hydrogens is 262 g/mol. The normalized spacial score (nSPS) is 14.6. The molecule has 0 radical (unpaired) electrons. The van der Waals surface area contributed by atoms with E-state index in [9.17, 15) is 4.79 Å². The number of nitrogens with one attached hydrogen (secondary N) is 1. The molecule has 6 nitrogen and oxygen atoms in total. The van der Waals surface area contributed by atoms with E-state index in [1.165, 1.54) is 0 Å². The molecule has 2 aromatic heterocycles. The second kappa shape index (κ2) is 5.08. The molecule has 1 saturated carbocycles. The highest BCUT2D eigenvalue weighted by atomic mass is 32.1. The summed E-state index contributed by atoms with van der Waals surface area (Å²) in [5, 5.41) is 13.8. The summed E-state index contributed by atoms with van der Waals surface area (Å²) in [5.74, 6) is 1.39. The van der Waals surface area contributed by atoms with Crippen LogP contribution >= 0.6 is 11.3 Å². The Kier molecular flexibility index (Phi) is 3.29. The first-order valence-electron chi connectivity index (χ1n) is 6.34. The lowest BCUT2D eigenvalue weighted by molar-refractivity contribution is -0.116. The molecule has 2 heterocycles. The van der Waals surface area contributed by atoms with E-state index in [1.54, 1.807) is 17.5 Å². The maximum absolute atomic E-state index is 11.9. The van der Waals surface area contributed by atoms with E-state index in [4.69, 9.17) is 0 Å². The molecular formula is C12H15N5OS. The van der Waals surface area contributed by atoms with Crippen molar-refractivity contribution in [2.24, 2.45) is 0 Å². The van der Waals surface area contributed by atoms with Crippen molar-refractivity contribution in [1.82, 2.24) is 19.7 Å². The Morgan fingerprint density at radius 2 is 2.37 bits per heavy atom. The van der Waals surface area contributed by atoms with Crippen molar-refractivity contribution < 1.29 is 4.79 Å². The Bertz CT molecular complexity index is 573. The number of nitrogens with zero attached hydrogens (tertiary/aromatic N) is 4. The predicted octanol–water partition coefficient (Wildman–Crippen LogP) is 1.95. The zero-order valence-electron chi connectivity index (χ0n) is 10.7. The minimum absolute atomic E-state index is 0.0375. The Labute approximate surface area is 114 Å². The molecule has 7 heteroatoms. The summed E-state index contributed by atoms with van der Waals surface area (Å²) in [4.78, 5) is 16.1.